The van der Waals surface area contributed by atoms with Crippen LogP contribution in [0, 0.1) is 0 Å². The Morgan fingerprint density at radius 2 is 2.29 bits per heavy atom. The van der Waals surface area contributed by atoms with E-state index in [1.54, 1.807) is 17.5 Å². The number of thiazole rings is 1. The Hall–Kier alpha value is -1.31. The molecule has 1 saturated heterocycles. The van der Waals surface area contributed by atoms with Crippen LogP contribution in [0.4, 0.5) is 0 Å². The molecule has 1 atom stereocenters. The highest BCUT2D eigenvalue weighted by Crippen LogP contribution is 2.25. The molecule has 2 aromatic heterocycles. The van der Waals surface area contributed by atoms with E-state index in [1.165, 1.54) is 0 Å². The number of rotatable bonds is 4. The van der Waals surface area contributed by atoms with E-state index in [0.717, 1.165) is 16.4 Å². The first-order chi connectivity index (χ1) is 9.96. The van der Waals surface area contributed by atoms with Crippen LogP contribution in [-0.2, 0) is 16.4 Å². The fourth-order valence-electron chi connectivity index (χ4n) is 2.45. The molecule has 7 heteroatoms. The first-order valence-corrected chi connectivity index (χ1v) is 9.47. The van der Waals surface area contributed by atoms with Gasteiger partial charge in [-0.1, -0.05) is 6.07 Å². The predicted molar refractivity (Wildman–Crippen MR) is 83.9 cm³/mol. The summed E-state index contributed by atoms with van der Waals surface area (Å²) in [6, 6.07) is 5.74. The van der Waals surface area contributed by atoms with Crippen molar-refractivity contribution in [3.8, 4) is 10.7 Å². The lowest BCUT2D eigenvalue weighted by Crippen LogP contribution is -2.42. The van der Waals surface area contributed by atoms with Crippen LogP contribution in [0.15, 0.2) is 29.8 Å². The molecule has 3 heterocycles. The monoisotopic (exact) mass is 323 g/mol. The molecule has 0 spiro atoms. The van der Waals surface area contributed by atoms with Gasteiger partial charge in [-0.25, -0.2) is 13.4 Å². The van der Waals surface area contributed by atoms with Crippen molar-refractivity contribution in [1.82, 2.24) is 15.3 Å². The molecule has 112 valence electrons. The lowest BCUT2D eigenvalue weighted by molar-refractivity contribution is 0.393. The highest BCUT2D eigenvalue weighted by molar-refractivity contribution is 7.91. The maximum absolute atomic E-state index is 11.6. The van der Waals surface area contributed by atoms with Gasteiger partial charge >= 0.3 is 0 Å². The van der Waals surface area contributed by atoms with Crippen LogP contribution in [0.5, 0.6) is 0 Å². The third-order valence-corrected chi connectivity index (χ3v) is 6.45. The van der Waals surface area contributed by atoms with E-state index in [1.807, 2.05) is 30.5 Å². The zero-order valence-electron chi connectivity index (χ0n) is 11.7. The summed E-state index contributed by atoms with van der Waals surface area (Å²) in [5.41, 5.74) is 1.45. The van der Waals surface area contributed by atoms with Gasteiger partial charge in [-0.3, -0.25) is 4.98 Å². The molecule has 0 amide bonds. The van der Waals surface area contributed by atoms with E-state index in [9.17, 15) is 8.42 Å². The molecule has 0 radical (unpaired) electrons. The summed E-state index contributed by atoms with van der Waals surface area (Å²) < 4.78 is 23.2. The van der Waals surface area contributed by atoms with Crippen LogP contribution in [0.25, 0.3) is 10.7 Å². The highest BCUT2D eigenvalue weighted by atomic mass is 32.2. The normalized spacial score (nSPS) is 24.2. The minimum atomic E-state index is -2.89. The van der Waals surface area contributed by atoms with Gasteiger partial charge in [0.05, 0.1) is 22.9 Å². The molecule has 2 aromatic rings. The van der Waals surface area contributed by atoms with Crippen LogP contribution in [0.3, 0.4) is 0 Å². The Labute approximate surface area is 128 Å². The van der Waals surface area contributed by atoms with E-state index in [4.69, 9.17) is 0 Å². The Morgan fingerprint density at radius 1 is 1.43 bits per heavy atom. The van der Waals surface area contributed by atoms with Crippen molar-refractivity contribution in [2.24, 2.45) is 0 Å². The number of aromatic nitrogens is 2. The van der Waals surface area contributed by atoms with Crippen LogP contribution in [0.2, 0.25) is 0 Å². The lowest BCUT2D eigenvalue weighted by Gasteiger charge is -2.23. The van der Waals surface area contributed by atoms with E-state index in [-0.39, 0.29) is 17.0 Å². The standard InChI is InChI=1S/C14H17N3O2S2/c1-14(5-7-21(18,19)10-14)16-8-11-9-20-13(17-11)12-4-2-3-6-15-12/h2-4,6,9,16H,5,7-8,10H2,1H3/t14-/m0/s1. The van der Waals surface area contributed by atoms with E-state index in [0.29, 0.717) is 13.0 Å². The molecular weight excluding hydrogens is 306 g/mol. The third kappa shape index (κ3) is 3.48. The van der Waals surface area contributed by atoms with Crippen molar-refractivity contribution in [2.75, 3.05) is 11.5 Å². The highest BCUT2D eigenvalue weighted by Gasteiger charge is 2.37. The van der Waals surface area contributed by atoms with E-state index < -0.39 is 9.84 Å². The van der Waals surface area contributed by atoms with Crippen LogP contribution < -0.4 is 5.32 Å². The van der Waals surface area contributed by atoms with Crippen molar-refractivity contribution >= 4 is 21.2 Å². The molecule has 1 fully saturated rings. The average Bonchev–Trinajstić information content (AvgIpc) is 3.03. The molecule has 0 saturated carbocycles. The molecule has 0 unspecified atom stereocenters. The Kier molecular flexibility index (Phi) is 3.81. The van der Waals surface area contributed by atoms with E-state index in [2.05, 4.69) is 15.3 Å². The largest absolute Gasteiger partial charge is 0.305 e. The van der Waals surface area contributed by atoms with Gasteiger partial charge in [0.25, 0.3) is 0 Å². The van der Waals surface area contributed by atoms with Crippen molar-refractivity contribution in [3.63, 3.8) is 0 Å². The summed E-state index contributed by atoms with van der Waals surface area (Å²) in [7, 11) is -2.89. The summed E-state index contributed by atoms with van der Waals surface area (Å²) in [6.07, 6.45) is 2.41. The first kappa shape index (κ1) is 14.6. The number of nitrogens with zero attached hydrogens (tertiary/aromatic N) is 2. The SMILES string of the molecule is C[C@]1(NCc2csc(-c3ccccn3)n2)CCS(=O)(=O)C1. The summed E-state index contributed by atoms with van der Waals surface area (Å²) >= 11 is 1.55. The number of sulfone groups is 1. The zero-order chi connectivity index (χ0) is 14.9. The quantitative estimate of drug-likeness (QED) is 0.930. The maximum Gasteiger partial charge on any atom is 0.152 e. The molecule has 21 heavy (non-hydrogen) atoms. The van der Waals surface area contributed by atoms with Gasteiger partial charge < -0.3 is 5.32 Å². The topological polar surface area (TPSA) is 72.0 Å². The van der Waals surface area contributed by atoms with Crippen molar-refractivity contribution in [2.45, 2.75) is 25.4 Å². The van der Waals surface area contributed by atoms with E-state index >= 15 is 0 Å². The van der Waals surface area contributed by atoms with Gasteiger partial charge in [0.2, 0.25) is 0 Å². The smallest absolute Gasteiger partial charge is 0.152 e. The Morgan fingerprint density at radius 3 is 2.95 bits per heavy atom. The summed E-state index contributed by atoms with van der Waals surface area (Å²) in [6.45, 7) is 2.54. The number of hydrogen-bond acceptors (Lipinski definition) is 6. The summed E-state index contributed by atoms with van der Waals surface area (Å²) in [5, 5.41) is 6.21. The second kappa shape index (κ2) is 5.47. The van der Waals surface area contributed by atoms with Gasteiger partial charge in [0, 0.05) is 23.7 Å². The van der Waals surface area contributed by atoms with Crippen LogP contribution in [0.1, 0.15) is 19.0 Å². The van der Waals surface area contributed by atoms with Gasteiger partial charge in [-0.2, -0.15) is 0 Å². The van der Waals surface area contributed by atoms with Gasteiger partial charge in [0.15, 0.2) is 9.84 Å². The molecule has 5 nitrogen and oxygen atoms in total. The molecule has 3 rings (SSSR count). The first-order valence-electron chi connectivity index (χ1n) is 6.77. The number of hydrogen-bond donors (Lipinski definition) is 1. The second-order valence-corrected chi connectivity index (χ2v) is 8.66. The summed E-state index contributed by atoms with van der Waals surface area (Å²) in [5.74, 6) is 0.476. The fraction of sp³-hybridized carbons (Fsp3) is 0.429. The second-order valence-electron chi connectivity index (χ2n) is 5.62. The minimum absolute atomic E-state index is 0.206. The van der Waals surface area contributed by atoms with Crippen molar-refractivity contribution < 1.29 is 8.42 Å². The maximum atomic E-state index is 11.6. The summed E-state index contributed by atoms with van der Waals surface area (Å²) in [4.78, 5) is 8.83. The molecule has 1 N–H and O–H groups in total. The third-order valence-electron chi connectivity index (χ3n) is 3.64. The van der Waals surface area contributed by atoms with Crippen molar-refractivity contribution in [3.05, 3.63) is 35.5 Å². The molecular formula is C14H17N3O2S2. The zero-order valence-corrected chi connectivity index (χ0v) is 13.4. The molecule has 0 bridgehead atoms. The van der Waals surface area contributed by atoms with Gasteiger partial charge in [-0.15, -0.1) is 11.3 Å². The average molecular weight is 323 g/mol. The molecule has 1 aliphatic rings. The predicted octanol–water partition coefficient (Wildman–Crippen LogP) is 1.87. The Bertz CT molecular complexity index is 728. The van der Waals surface area contributed by atoms with Crippen molar-refractivity contribution in [1.29, 1.82) is 0 Å². The van der Waals surface area contributed by atoms with Crippen LogP contribution in [-0.4, -0.2) is 35.4 Å². The number of nitrogens with one attached hydrogen (secondary N) is 1. The van der Waals surface area contributed by atoms with Gasteiger partial charge in [-0.05, 0) is 25.5 Å². The number of pyridine rings is 1. The van der Waals surface area contributed by atoms with Gasteiger partial charge in [0.1, 0.15) is 5.01 Å². The van der Waals surface area contributed by atoms with Crippen LogP contribution >= 0.6 is 11.3 Å². The minimum Gasteiger partial charge on any atom is -0.305 e. The molecule has 0 aromatic carbocycles. The molecule has 1 aliphatic heterocycles. The lowest BCUT2D eigenvalue weighted by atomic mass is 10.0. The fourth-order valence-corrected chi connectivity index (χ4v) is 5.37. The Balaban J connectivity index is 1.66. The molecule has 0 aliphatic carbocycles.